The number of ether oxygens (including phenoxy) is 2. The van der Waals surface area contributed by atoms with E-state index in [0.29, 0.717) is 40.9 Å². The zero-order valence-electron chi connectivity index (χ0n) is 12.2. The fraction of sp³-hybridized carbons (Fsp3) is 0.214. The lowest BCUT2D eigenvalue weighted by molar-refractivity contribution is 0.141. The van der Waals surface area contributed by atoms with E-state index in [9.17, 15) is 0 Å². The van der Waals surface area contributed by atoms with Crippen molar-refractivity contribution >= 4 is 34.1 Å². The quantitative estimate of drug-likeness (QED) is 0.542. The summed E-state index contributed by atoms with van der Waals surface area (Å²) >= 11 is 5.93. The summed E-state index contributed by atoms with van der Waals surface area (Å²) in [5.41, 5.74) is 1.90. The summed E-state index contributed by atoms with van der Waals surface area (Å²) in [5, 5.41) is 3.46. The van der Waals surface area contributed by atoms with Crippen LogP contribution in [0.25, 0.3) is 11.0 Å². The Balaban J connectivity index is 1.78. The molecular formula is C14H13ClN6O2. The minimum absolute atomic E-state index is 0.279. The molecular weight excluding hydrogens is 320 g/mol. The molecule has 0 fully saturated rings. The van der Waals surface area contributed by atoms with Crippen LogP contribution >= 0.6 is 11.6 Å². The van der Waals surface area contributed by atoms with Crippen LogP contribution in [0.15, 0.2) is 30.9 Å². The van der Waals surface area contributed by atoms with Gasteiger partial charge < -0.3 is 14.8 Å². The van der Waals surface area contributed by atoms with Gasteiger partial charge >= 0.3 is 6.01 Å². The molecule has 0 bridgehead atoms. The molecule has 0 aliphatic carbocycles. The third-order valence-corrected chi connectivity index (χ3v) is 3.07. The van der Waals surface area contributed by atoms with Crippen LogP contribution in [0.2, 0.25) is 5.15 Å². The van der Waals surface area contributed by atoms with Gasteiger partial charge in [0.05, 0.1) is 30.2 Å². The molecule has 9 heteroatoms. The predicted molar refractivity (Wildman–Crippen MR) is 85.0 cm³/mol. The first-order chi connectivity index (χ1) is 11.3. The molecule has 0 aliphatic heterocycles. The van der Waals surface area contributed by atoms with Crippen molar-refractivity contribution in [3.05, 3.63) is 36.0 Å². The number of methoxy groups -OCH3 is 1. The number of hydrogen-bond donors (Lipinski definition) is 1. The van der Waals surface area contributed by atoms with Crippen LogP contribution in [0.1, 0.15) is 0 Å². The van der Waals surface area contributed by atoms with Crippen molar-refractivity contribution in [1.29, 1.82) is 0 Å². The maximum atomic E-state index is 5.93. The largest absolute Gasteiger partial charge is 0.461 e. The van der Waals surface area contributed by atoms with Crippen molar-refractivity contribution in [3.63, 3.8) is 0 Å². The van der Waals surface area contributed by atoms with E-state index in [0.717, 1.165) is 0 Å². The summed E-state index contributed by atoms with van der Waals surface area (Å²) in [6, 6.07) is 3.73. The van der Waals surface area contributed by atoms with Crippen molar-refractivity contribution in [2.45, 2.75) is 0 Å². The number of halogens is 1. The monoisotopic (exact) mass is 332 g/mol. The maximum Gasteiger partial charge on any atom is 0.316 e. The highest BCUT2D eigenvalue weighted by atomic mass is 35.5. The Morgan fingerprint density at radius 3 is 2.70 bits per heavy atom. The second-order valence-electron chi connectivity index (χ2n) is 4.44. The molecule has 0 spiro atoms. The molecule has 8 nitrogen and oxygen atoms in total. The second-order valence-corrected chi connectivity index (χ2v) is 4.83. The first-order valence-electron chi connectivity index (χ1n) is 6.74. The van der Waals surface area contributed by atoms with Crippen molar-refractivity contribution in [2.24, 2.45) is 0 Å². The topological polar surface area (TPSA) is 94.9 Å². The predicted octanol–water partition coefficient (Wildman–Crippen LogP) is 2.24. The number of hydrogen-bond acceptors (Lipinski definition) is 8. The van der Waals surface area contributed by atoms with Gasteiger partial charge in [-0.1, -0.05) is 11.6 Å². The zero-order chi connectivity index (χ0) is 16.1. The molecule has 0 aromatic carbocycles. The summed E-state index contributed by atoms with van der Waals surface area (Å²) in [4.78, 5) is 20.8. The van der Waals surface area contributed by atoms with Crippen LogP contribution in [0.3, 0.4) is 0 Å². The molecule has 0 radical (unpaired) electrons. The second kappa shape index (κ2) is 7.12. The molecule has 0 atom stereocenters. The van der Waals surface area contributed by atoms with Gasteiger partial charge in [0, 0.05) is 7.11 Å². The van der Waals surface area contributed by atoms with E-state index in [-0.39, 0.29) is 6.01 Å². The highest BCUT2D eigenvalue weighted by Crippen LogP contribution is 2.22. The Hall–Kier alpha value is -2.58. The molecule has 3 aromatic rings. The fourth-order valence-corrected chi connectivity index (χ4v) is 1.96. The van der Waals surface area contributed by atoms with Gasteiger partial charge in [-0.3, -0.25) is 0 Å². The van der Waals surface area contributed by atoms with E-state index in [2.05, 4.69) is 30.2 Å². The van der Waals surface area contributed by atoms with Crippen molar-refractivity contribution in [3.8, 4) is 6.01 Å². The summed E-state index contributed by atoms with van der Waals surface area (Å²) in [6.45, 7) is 0.866. The number of rotatable bonds is 6. The minimum Gasteiger partial charge on any atom is -0.461 e. The molecule has 3 heterocycles. The standard InChI is InChI=1S/C14H13ClN6O2/c1-22-4-5-23-14-16-6-9(7-17-14)20-13-12-10(18-8-19-13)2-3-11(15)21-12/h2-3,6-8H,4-5H2,1H3,(H,18,19,20). The zero-order valence-corrected chi connectivity index (χ0v) is 13.0. The highest BCUT2D eigenvalue weighted by Gasteiger charge is 2.07. The van der Waals surface area contributed by atoms with E-state index < -0.39 is 0 Å². The Labute approximate surface area is 136 Å². The third kappa shape index (κ3) is 3.79. The smallest absolute Gasteiger partial charge is 0.316 e. The molecule has 23 heavy (non-hydrogen) atoms. The number of aromatic nitrogens is 5. The highest BCUT2D eigenvalue weighted by molar-refractivity contribution is 6.29. The lowest BCUT2D eigenvalue weighted by Gasteiger charge is -2.08. The summed E-state index contributed by atoms with van der Waals surface area (Å²) in [6.07, 6.45) is 4.63. The summed E-state index contributed by atoms with van der Waals surface area (Å²) < 4.78 is 10.2. The van der Waals surface area contributed by atoms with E-state index in [1.807, 2.05) is 0 Å². The first-order valence-corrected chi connectivity index (χ1v) is 7.12. The normalized spacial score (nSPS) is 10.7. The lowest BCUT2D eigenvalue weighted by atomic mass is 10.3. The van der Waals surface area contributed by atoms with Crippen molar-refractivity contribution in [1.82, 2.24) is 24.9 Å². The molecule has 0 unspecified atom stereocenters. The SMILES string of the molecule is COCCOc1ncc(Nc2ncnc3ccc(Cl)nc23)cn1. The van der Waals surface area contributed by atoms with Crippen molar-refractivity contribution < 1.29 is 9.47 Å². The van der Waals surface area contributed by atoms with E-state index >= 15 is 0 Å². The van der Waals surface area contributed by atoms with Crippen molar-refractivity contribution in [2.75, 3.05) is 25.6 Å². The van der Waals surface area contributed by atoms with E-state index in [1.165, 1.54) is 6.33 Å². The molecule has 0 aliphatic rings. The van der Waals surface area contributed by atoms with E-state index in [1.54, 1.807) is 31.6 Å². The summed E-state index contributed by atoms with van der Waals surface area (Å²) in [7, 11) is 1.60. The molecule has 1 N–H and O–H groups in total. The lowest BCUT2D eigenvalue weighted by Crippen LogP contribution is -2.07. The van der Waals surface area contributed by atoms with Crippen LogP contribution in [-0.2, 0) is 4.74 Å². The van der Waals surface area contributed by atoms with Gasteiger partial charge in [0.25, 0.3) is 0 Å². The molecule has 0 amide bonds. The number of fused-ring (bicyclic) bond motifs is 1. The fourth-order valence-electron chi connectivity index (χ4n) is 1.82. The van der Waals surface area contributed by atoms with Crippen LogP contribution in [0, 0.1) is 0 Å². The van der Waals surface area contributed by atoms with Crippen LogP contribution < -0.4 is 10.1 Å². The molecule has 0 saturated carbocycles. The average Bonchev–Trinajstić information content (AvgIpc) is 2.57. The molecule has 3 aromatic heterocycles. The number of pyridine rings is 1. The molecule has 118 valence electrons. The van der Waals surface area contributed by atoms with Gasteiger partial charge in [0.15, 0.2) is 5.82 Å². The van der Waals surface area contributed by atoms with Gasteiger partial charge in [-0.25, -0.2) is 24.9 Å². The Morgan fingerprint density at radius 2 is 1.91 bits per heavy atom. The van der Waals surface area contributed by atoms with E-state index in [4.69, 9.17) is 21.1 Å². The van der Waals surface area contributed by atoms with Gasteiger partial charge in [0.1, 0.15) is 23.6 Å². The molecule has 3 rings (SSSR count). The summed E-state index contributed by atoms with van der Waals surface area (Å²) in [5.74, 6) is 0.522. The number of nitrogens with one attached hydrogen (secondary N) is 1. The van der Waals surface area contributed by atoms with Gasteiger partial charge in [-0.05, 0) is 12.1 Å². The Morgan fingerprint density at radius 1 is 1.09 bits per heavy atom. The van der Waals surface area contributed by atoms with Crippen LogP contribution in [0.4, 0.5) is 11.5 Å². The average molecular weight is 333 g/mol. The maximum absolute atomic E-state index is 5.93. The number of anilines is 2. The van der Waals surface area contributed by atoms with Gasteiger partial charge in [0.2, 0.25) is 0 Å². The Bertz CT molecular complexity index is 799. The molecule has 0 saturated heterocycles. The van der Waals surface area contributed by atoms with Gasteiger partial charge in [-0.15, -0.1) is 0 Å². The van der Waals surface area contributed by atoms with Gasteiger partial charge in [-0.2, -0.15) is 0 Å². The first kappa shape index (κ1) is 15.3. The minimum atomic E-state index is 0.279. The third-order valence-electron chi connectivity index (χ3n) is 2.86. The Kier molecular flexibility index (Phi) is 4.74. The number of nitrogens with zero attached hydrogens (tertiary/aromatic N) is 5. The van der Waals surface area contributed by atoms with Crippen LogP contribution in [0.5, 0.6) is 6.01 Å². The van der Waals surface area contributed by atoms with Crippen LogP contribution in [-0.4, -0.2) is 45.2 Å².